The van der Waals surface area contributed by atoms with E-state index in [0.717, 1.165) is 50.7 Å². The summed E-state index contributed by atoms with van der Waals surface area (Å²) in [5, 5.41) is 29.7. The maximum Gasteiger partial charge on any atom is 0.174 e. The van der Waals surface area contributed by atoms with Crippen LogP contribution in [-0.4, -0.2) is 29.0 Å². The number of unbranched alkanes of at least 4 members (excludes halogenated alkanes) is 2. The molecule has 0 aliphatic heterocycles. The maximum atomic E-state index is 10.7. The average Bonchev–Trinajstić information content (AvgIpc) is 2.97. The molecule has 1 aromatic carbocycles. The molecule has 0 saturated heterocycles. The van der Waals surface area contributed by atoms with Gasteiger partial charge in [0.2, 0.25) is 0 Å². The molecule has 2 N–H and O–H groups in total. The molecule has 2 aliphatic carbocycles. The van der Waals surface area contributed by atoms with Crippen LogP contribution < -0.4 is 4.74 Å². The van der Waals surface area contributed by atoms with Crippen LogP contribution >= 0.6 is 0 Å². The number of ether oxygens (including phenoxy) is 1. The van der Waals surface area contributed by atoms with E-state index in [-0.39, 0.29) is 24.7 Å². The molecular weight excluding hydrogens is 338 g/mol. The van der Waals surface area contributed by atoms with E-state index in [1.54, 1.807) is 0 Å². The van der Waals surface area contributed by atoms with Gasteiger partial charge in [-0.2, -0.15) is 5.26 Å². The van der Waals surface area contributed by atoms with Gasteiger partial charge in [-0.15, -0.1) is 0 Å². The number of aliphatic hydroxyl groups is 2. The maximum absolute atomic E-state index is 10.7. The smallest absolute Gasteiger partial charge is 0.174 e. The third-order valence-electron chi connectivity index (χ3n) is 6.61. The van der Waals surface area contributed by atoms with Gasteiger partial charge in [0, 0.05) is 0 Å². The first-order valence-corrected chi connectivity index (χ1v) is 10.6. The molecule has 27 heavy (non-hydrogen) atoms. The Bertz CT molecular complexity index is 654. The summed E-state index contributed by atoms with van der Waals surface area (Å²) in [7, 11) is 0. The van der Waals surface area contributed by atoms with Gasteiger partial charge in [-0.3, -0.25) is 0 Å². The molecule has 3 rings (SSSR count). The SMILES string of the molecule is CCCCCC(O)CCC1C(O)CC2Cc3c(cccc3OCC#N)CC21. The quantitative estimate of drug-likeness (QED) is 0.643. The van der Waals surface area contributed by atoms with E-state index >= 15 is 0 Å². The zero-order chi connectivity index (χ0) is 19.2. The molecule has 1 saturated carbocycles. The van der Waals surface area contributed by atoms with Crippen molar-refractivity contribution in [2.45, 2.75) is 76.9 Å². The summed E-state index contributed by atoms with van der Waals surface area (Å²) in [6.07, 6.45) is 8.29. The van der Waals surface area contributed by atoms with Crippen LogP contribution in [0.1, 0.15) is 63.0 Å². The summed E-state index contributed by atoms with van der Waals surface area (Å²) in [6.45, 7) is 2.25. The number of rotatable bonds is 9. The molecule has 148 valence electrons. The number of fused-ring (bicyclic) bond motifs is 2. The Morgan fingerprint density at radius 2 is 2.11 bits per heavy atom. The van der Waals surface area contributed by atoms with E-state index in [2.05, 4.69) is 13.0 Å². The normalized spacial score (nSPS) is 27.5. The summed E-state index contributed by atoms with van der Waals surface area (Å²) in [6, 6.07) is 8.16. The third-order valence-corrected chi connectivity index (χ3v) is 6.61. The fourth-order valence-corrected chi connectivity index (χ4v) is 5.21. The molecular formula is C23H33NO3. The van der Waals surface area contributed by atoms with Crippen molar-refractivity contribution in [1.29, 1.82) is 5.26 Å². The monoisotopic (exact) mass is 371 g/mol. The zero-order valence-electron chi connectivity index (χ0n) is 16.4. The van der Waals surface area contributed by atoms with Crippen molar-refractivity contribution in [3.8, 4) is 11.8 Å². The van der Waals surface area contributed by atoms with Gasteiger partial charge < -0.3 is 14.9 Å². The van der Waals surface area contributed by atoms with E-state index in [1.165, 1.54) is 24.0 Å². The van der Waals surface area contributed by atoms with Crippen LogP contribution in [0.25, 0.3) is 0 Å². The fraction of sp³-hybridized carbons (Fsp3) is 0.696. The van der Waals surface area contributed by atoms with Crippen LogP contribution in [-0.2, 0) is 12.8 Å². The molecule has 0 bridgehead atoms. The first kappa shape index (κ1) is 20.2. The summed E-state index contributed by atoms with van der Waals surface area (Å²) >= 11 is 0. The summed E-state index contributed by atoms with van der Waals surface area (Å²) < 4.78 is 5.62. The van der Waals surface area contributed by atoms with Gasteiger partial charge in [0.1, 0.15) is 11.8 Å². The first-order valence-electron chi connectivity index (χ1n) is 10.6. The van der Waals surface area contributed by atoms with Gasteiger partial charge in [-0.1, -0.05) is 38.3 Å². The zero-order valence-corrected chi connectivity index (χ0v) is 16.4. The van der Waals surface area contributed by atoms with Gasteiger partial charge in [-0.05, 0) is 73.5 Å². The predicted molar refractivity (Wildman–Crippen MR) is 105 cm³/mol. The lowest BCUT2D eigenvalue weighted by Crippen LogP contribution is -2.28. The van der Waals surface area contributed by atoms with E-state index < -0.39 is 0 Å². The number of nitriles is 1. The molecule has 5 atom stereocenters. The number of hydrogen-bond donors (Lipinski definition) is 2. The second-order valence-electron chi connectivity index (χ2n) is 8.37. The Morgan fingerprint density at radius 1 is 1.26 bits per heavy atom. The van der Waals surface area contributed by atoms with Crippen molar-refractivity contribution in [3.05, 3.63) is 29.3 Å². The minimum Gasteiger partial charge on any atom is -0.478 e. The Morgan fingerprint density at radius 3 is 2.89 bits per heavy atom. The molecule has 0 aromatic heterocycles. The molecule has 0 spiro atoms. The van der Waals surface area contributed by atoms with Crippen molar-refractivity contribution in [2.75, 3.05) is 6.61 Å². The molecule has 0 heterocycles. The molecule has 2 aliphatic rings. The number of nitrogens with zero attached hydrogens (tertiary/aromatic N) is 1. The van der Waals surface area contributed by atoms with Crippen LogP contribution in [0, 0.1) is 29.1 Å². The molecule has 4 heteroatoms. The van der Waals surface area contributed by atoms with E-state index in [1.807, 2.05) is 18.2 Å². The van der Waals surface area contributed by atoms with E-state index in [0.29, 0.717) is 11.8 Å². The van der Waals surface area contributed by atoms with Crippen molar-refractivity contribution >= 4 is 0 Å². The minimum absolute atomic E-state index is 0.0751. The van der Waals surface area contributed by atoms with Crippen molar-refractivity contribution in [1.82, 2.24) is 0 Å². The molecule has 4 nitrogen and oxygen atoms in total. The topological polar surface area (TPSA) is 73.5 Å². The molecule has 0 radical (unpaired) electrons. The van der Waals surface area contributed by atoms with E-state index in [4.69, 9.17) is 10.00 Å². The summed E-state index contributed by atoms with van der Waals surface area (Å²) in [5.41, 5.74) is 2.52. The molecule has 0 amide bonds. The number of hydrogen-bond acceptors (Lipinski definition) is 4. The highest BCUT2D eigenvalue weighted by atomic mass is 16.5. The Kier molecular flexibility index (Phi) is 7.15. The fourth-order valence-electron chi connectivity index (χ4n) is 5.21. The number of benzene rings is 1. The first-order chi connectivity index (χ1) is 13.1. The Balaban J connectivity index is 1.62. The highest BCUT2D eigenvalue weighted by Gasteiger charge is 2.44. The molecule has 5 unspecified atom stereocenters. The second kappa shape index (κ2) is 9.57. The largest absolute Gasteiger partial charge is 0.478 e. The Labute approximate surface area is 163 Å². The molecule has 1 aromatic rings. The lowest BCUT2D eigenvalue weighted by molar-refractivity contribution is 0.0869. The highest BCUT2D eigenvalue weighted by Crippen LogP contribution is 2.48. The standard InChI is InChI=1S/C23H33NO3/c1-2-3-4-7-18(25)9-10-19-20-13-16-6-5-8-23(27-12-11-24)21(16)14-17(20)15-22(19)26/h5-6,8,17-20,22,25-26H,2-4,7,9-10,12-15H2,1H3. The van der Waals surface area contributed by atoms with Gasteiger partial charge >= 0.3 is 0 Å². The average molecular weight is 372 g/mol. The van der Waals surface area contributed by atoms with Gasteiger partial charge in [0.15, 0.2) is 6.61 Å². The van der Waals surface area contributed by atoms with Crippen molar-refractivity contribution < 1.29 is 14.9 Å². The summed E-state index contributed by atoms with van der Waals surface area (Å²) in [5.74, 6) is 2.08. The highest BCUT2D eigenvalue weighted by molar-refractivity contribution is 5.43. The lowest BCUT2D eigenvalue weighted by atomic mass is 9.73. The van der Waals surface area contributed by atoms with Crippen LogP contribution in [0.4, 0.5) is 0 Å². The van der Waals surface area contributed by atoms with Gasteiger partial charge in [0.25, 0.3) is 0 Å². The van der Waals surface area contributed by atoms with Gasteiger partial charge in [-0.25, -0.2) is 0 Å². The summed E-state index contributed by atoms with van der Waals surface area (Å²) in [4.78, 5) is 0. The minimum atomic E-state index is -0.263. The molecule has 1 fully saturated rings. The predicted octanol–water partition coefficient (Wildman–Crippen LogP) is 4.02. The lowest BCUT2D eigenvalue weighted by Gasteiger charge is -2.32. The van der Waals surface area contributed by atoms with E-state index in [9.17, 15) is 10.2 Å². The Hall–Kier alpha value is -1.57. The van der Waals surface area contributed by atoms with Gasteiger partial charge in [0.05, 0.1) is 12.2 Å². The van der Waals surface area contributed by atoms with Crippen LogP contribution in [0.5, 0.6) is 5.75 Å². The second-order valence-corrected chi connectivity index (χ2v) is 8.37. The van der Waals surface area contributed by atoms with Crippen LogP contribution in [0.2, 0.25) is 0 Å². The van der Waals surface area contributed by atoms with Crippen LogP contribution in [0.15, 0.2) is 18.2 Å². The third kappa shape index (κ3) is 4.83. The van der Waals surface area contributed by atoms with Crippen molar-refractivity contribution in [3.63, 3.8) is 0 Å². The van der Waals surface area contributed by atoms with Crippen LogP contribution in [0.3, 0.4) is 0 Å². The van der Waals surface area contributed by atoms with Crippen molar-refractivity contribution in [2.24, 2.45) is 17.8 Å². The number of aliphatic hydroxyl groups excluding tert-OH is 2.